The molecule has 0 radical (unpaired) electrons. The van der Waals surface area contributed by atoms with Crippen molar-refractivity contribution in [3.05, 3.63) is 29.3 Å². The fraction of sp³-hybridized carbons (Fsp3) is 0.692. The zero-order chi connectivity index (χ0) is 22.3. The molecule has 0 bridgehead atoms. The summed E-state index contributed by atoms with van der Waals surface area (Å²) in [4.78, 5) is 22.4. The Kier molecular flexibility index (Phi) is 8.01. The summed E-state index contributed by atoms with van der Waals surface area (Å²) in [6.07, 6.45) is 15.4. The standard InChI is InChI=1S/C26H38O5/c27-22-18-20(9-5-1-3-7-11-25(13-14-25)23(28)29)17-21(19-22)10-6-2-4-8-12-26(15-16-26)24(30)31/h17-19,27H,1-16H2,(H,28,29)(H,30,31). The molecular formula is C26H38O5. The van der Waals surface area contributed by atoms with Crippen LogP contribution in [0.5, 0.6) is 5.75 Å². The molecule has 2 fully saturated rings. The van der Waals surface area contributed by atoms with Crippen LogP contribution >= 0.6 is 0 Å². The van der Waals surface area contributed by atoms with E-state index >= 15 is 0 Å². The molecule has 172 valence electrons. The minimum absolute atomic E-state index is 0.335. The third kappa shape index (κ3) is 6.98. The molecule has 3 rings (SSSR count). The maximum Gasteiger partial charge on any atom is 0.309 e. The lowest BCUT2D eigenvalue weighted by atomic mass is 9.96. The van der Waals surface area contributed by atoms with Crippen LogP contribution in [0, 0.1) is 10.8 Å². The molecule has 1 aromatic rings. The lowest BCUT2D eigenvalue weighted by molar-refractivity contribution is -0.144. The van der Waals surface area contributed by atoms with Gasteiger partial charge in [0.25, 0.3) is 0 Å². The summed E-state index contributed by atoms with van der Waals surface area (Å²) >= 11 is 0. The highest BCUT2D eigenvalue weighted by Gasteiger charge is 2.49. The lowest BCUT2D eigenvalue weighted by Gasteiger charge is -2.10. The first kappa shape index (κ1) is 23.6. The molecule has 0 aliphatic heterocycles. The molecule has 0 unspecified atom stereocenters. The molecule has 2 aliphatic carbocycles. The van der Waals surface area contributed by atoms with Gasteiger partial charge in [-0.15, -0.1) is 0 Å². The van der Waals surface area contributed by atoms with Gasteiger partial charge >= 0.3 is 11.9 Å². The van der Waals surface area contributed by atoms with Gasteiger partial charge in [0.15, 0.2) is 0 Å². The largest absolute Gasteiger partial charge is 0.508 e. The van der Waals surface area contributed by atoms with Gasteiger partial charge < -0.3 is 15.3 Å². The SMILES string of the molecule is O=C(O)C1(CCCCCCc2cc(O)cc(CCCCCCC3(C(=O)O)CC3)c2)CC1. The average molecular weight is 431 g/mol. The molecule has 0 heterocycles. The highest BCUT2D eigenvalue weighted by molar-refractivity contribution is 5.78. The summed E-state index contributed by atoms with van der Waals surface area (Å²) in [5.74, 6) is -0.902. The predicted octanol–water partition coefficient (Wildman–Crippen LogP) is 6.11. The van der Waals surface area contributed by atoms with Crippen LogP contribution in [0.3, 0.4) is 0 Å². The second-order valence-corrected chi connectivity index (χ2v) is 10.0. The fourth-order valence-electron chi connectivity index (χ4n) is 4.77. The third-order valence-electron chi connectivity index (χ3n) is 7.39. The number of phenols is 1. The molecule has 0 aromatic heterocycles. The highest BCUT2D eigenvalue weighted by Crippen LogP contribution is 2.50. The highest BCUT2D eigenvalue weighted by atomic mass is 16.4. The summed E-state index contributed by atoms with van der Waals surface area (Å²) in [7, 11) is 0. The number of benzene rings is 1. The number of aromatic hydroxyl groups is 1. The first-order valence-electron chi connectivity index (χ1n) is 12.1. The molecule has 3 N–H and O–H groups in total. The Labute approximate surface area is 185 Å². The third-order valence-corrected chi connectivity index (χ3v) is 7.39. The molecule has 2 aliphatic rings. The van der Waals surface area contributed by atoms with Gasteiger partial charge in [-0.25, -0.2) is 0 Å². The maximum atomic E-state index is 11.2. The fourth-order valence-corrected chi connectivity index (χ4v) is 4.77. The second-order valence-electron chi connectivity index (χ2n) is 10.0. The minimum atomic E-state index is -0.619. The number of carboxylic acids is 2. The number of aliphatic carboxylic acids is 2. The zero-order valence-electron chi connectivity index (χ0n) is 18.7. The van der Waals surface area contributed by atoms with Crippen molar-refractivity contribution in [1.82, 2.24) is 0 Å². The van der Waals surface area contributed by atoms with E-state index in [0.29, 0.717) is 5.75 Å². The molecule has 0 saturated heterocycles. The van der Waals surface area contributed by atoms with E-state index in [1.54, 1.807) is 0 Å². The molecule has 0 spiro atoms. The van der Waals surface area contributed by atoms with E-state index in [2.05, 4.69) is 6.07 Å². The van der Waals surface area contributed by atoms with E-state index in [1.165, 1.54) is 11.1 Å². The summed E-state index contributed by atoms with van der Waals surface area (Å²) in [6, 6.07) is 5.91. The minimum Gasteiger partial charge on any atom is -0.508 e. The van der Waals surface area contributed by atoms with Gasteiger partial charge in [-0.1, -0.05) is 44.6 Å². The predicted molar refractivity (Wildman–Crippen MR) is 120 cm³/mol. The normalized spacial score (nSPS) is 17.9. The number of unbranched alkanes of at least 4 members (excludes halogenated alkanes) is 6. The Bertz CT molecular complexity index is 701. The Morgan fingerprint density at radius 2 is 1.03 bits per heavy atom. The van der Waals surface area contributed by atoms with Crippen LogP contribution in [-0.2, 0) is 22.4 Å². The quantitative estimate of drug-likeness (QED) is 0.275. The van der Waals surface area contributed by atoms with E-state index < -0.39 is 22.8 Å². The van der Waals surface area contributed by atoms with Gasteiger partial charge in [0.2, 0.25) is 0 Å². The molecule has 0 amide bonds. The van der Waals surface area contributed by atoms with E-state index in [4.69, 9.17) is 0 Å². The molecule has 5 nitrogen and oxygen atoms in total. The van der Waals surface area contributed by atoms with Crippen LogP contribution in [0.1, 0.15) is 101 Å². The molecular weight excluding hydrogens is 392 g/mol. The van der Waals surface area contributed by atoms with Gasteiger partial charge in [0.1, 0.15) is 5.75 Å². The first-order chi connectivity index (χ1) is 14.9. The summed E-state index contributed by atoms with van der Waals surface area (Å²) < 4.78 is 0. The van der Waals surface area contributed by atoms with Crippen molar-refractivity contribution in [2.45, 2.75) is 103 Å². The van der Waals surface area contributed by atoms with Crippen molar-refractivity contribution in [2.24, 2.45) is 10.8 Å². The van der Waals surface area contributed by atoms with Crippen LogP contribution < -0.4 is 0 Å². The monoisotopic (exact) mass is 430 g/mol. The van der Waals surface area contributed by atoms with Gasteiger partial charge in [0.05, 0.1) is 10.8 Å². The smallest absolute Gasteiger partial charge is 0.309 e. The molecule has 1 aromatic carbocycles. The number of carbonyl (C=O) groups is 2. The number of aryl methyl sites for hydroxylation is 2. The topological polar surface area (TPSA) is 94.8 Å². The number of hydrogen-bond donors (Lipinski definition) is 3. The number of carboxylic acid groups (broad SMARTS) is 2. The van der Waals surface area contributed by atoms with E-state index in [-0.39, 0.29) is 0 Å². The molecule has 2 saturated carbocycles. The summed E-state index contributed by atoms with van der Waals surface area (Å²) in [5, 5.41) is 28.5. The van der Waals surface area contributed by atoms with Crippen molar-refractivity contribution < 1.29 is 24.9 Å². The first-order valence-corrected chi connectivity index (χ1v) is 12.1. The van der Waals surface area contributed by atoms with Crippen molar-refractivity contribution >= 4 is 11.9 Å². The second kappa shape index (κ2) is 10.5. The van der Waals surface area contributed by atoms with E-state index in [0.717, 1.165) is 103 Å². The van der Waals surface area contributed by atoms with Gasteiger partial charge in [0, 0.05) is 0 Å². The number of rotatable bonds is 16. The molecule has 31 heavy (non-hydrogen) atoms. The Morgan fingerprint density at radius 3 is 1.39 bits per heavy atom. The lowest BCUT2D eigenvalue weighted by Crippen LogP contribution is -2.14. The van der Waals surface area contributed by atoms with Crippen LogP contribution in [-0.4, -0.2) is 27.3 Å². The Hall–Kier alpha value is -2.04. The molecule has 5 heteroatoms. The summed E-state index contributed by atoms with van der Waals surface area (Å²) in [5.41, 5.74) is 1.57. The van der Waals surface area contributed by atoms with Gasteiger partial charge in [-0.05, 0) is 87.5 Å². The van der Waals surface area contributed by atoms with Crippen LogP contribution in [0.2, 0.25) is 0 Å². The van der Waals surface area contributed by atoms with Crippen molar-refractivity contribution in [1.29, 1.82) is 0 Å². The van der Waals surface area contributed by atoms with Crippen LogP contribution in [0.25, 0.3) is 0 Å². The Balaban J connectivity index is 1.28. The Morgan fingerprint density at radius 1 is 0.645 bits per heavy atom. The van der Waals surface area contributed by atoms with Crippen LogP contribution in [0.4, 0.5) is 0 Å². The summed E-state index contributed by atoms with van der Waals surface area (Å²) in [6.45, 7) is 0. The van der Waals surface area contributed by atoms with E-state index in [1.807, 2.05) is 12.1 Å². The van der Waals surface area contributed by atoms with Gasteiger partial charge in [-0.3, -0.25) is 9.59 Å². The molecule has 0 atom stereocenters. The van der Waals surface area contributed by atoms with Crippen LogP contribution in [0.15, 0.2) is 18.2 Å². The average Bonchev–Trinajstić information content (AvgIpc) is 3.62. The van der Waals surface area contributed by atoms with Crippen molar-refractivity contribution in [3.8, 4) is 5.75 Å². The van der Waals surface area contributed by atoms with Crippen molar-refractivity contribution in [3.63, 3.8) is 0 Å². The zero-order valence-corrected chi connectivity index (χ0v) is 18.7. The number of hydrogen-bond acceptors (Lipinski definition) is 3. The maximum absolute atomic E-state index is 11.2. The van der Waals surface area contributed by atoms with Crippen molar-refractivity contribution in [2.75, 3.05) is 0 Å². The van der Waals surface area contributed by atoms with E-state index in [9.17, 15) is 24.9 Å². The van der Waals surface area contributed by atoms with Gasteiger partial charge in [-0.2, -0.15) is 0 Å². The number of phenolic OH excluding ortho intramolecular Hbond substituents is 1.